The monoisotopic (exact) mass is 346 g/mol. The van der Waals surface area contributed by atoms with Crippen molar-refractivity contribution >= 4 is 27.6 Å². The lowest BCUT2D eigenvalue weighted by Crippen LogP contribution is -2.18. The third-order valence-corrected chi connectivity index (χ3v) is 4.97. The summed E-state index contributed by atoms with van der Waals surface area (Å²) in [6.07, 6.45) is 1.63. The van der Waals surface area contributed by atoms with E-state index in [1.54, 1.807) is 29.7 Å². The van der Waals surface area contributed by atoms with E-state index in [0.29, 0.717) is 6.54 Å². The number of nitrogens with zero attached hydrogens (tertiary/aromatic N) is 1. The number of hydrogen-bond donors (Lipinski definition) is 1. The molecule has 1 N–H and O–H groups in total. The molecule has 126 valence electrons. The van der Waals surface area contributed by atoms with Gasteiger partial charge in [0, 0.05) is 42.4 Å². The first kappa shape index (κ1) is 16.7. The maximum atomic E-state index is 13.2. The molecule has 0 saturated heterocycles. The van der Waals surface area contributed by atoms with Gasteiger partial charge in [0.2, 0.25) is 0 Å². The molecule has 0 saturated carbocycles. The smallest absolute Gasteiger partial charge is 0.139 e. The molecule has 3 aromatic rings. The fourth-order valence-corrected chi connectivity index (χ4v) is 3.08. The zero-order chi connectivity index (χ0) is 17.3. The molecule has 2 aromatic carbocycles. The molecule has 4 nitrogen and oxygen atoms in total. The van der Waals surface area contributed by atoms with Crippen LogP contribution >= 0.6 is 0 Å². The van der Waals surface area contributed by atoms with Gasteiger partial charge in [-0.25, -0.2) is 8.60 Å². The number of furan rings is 1. The van der Waals surface area contributed by atoms with Gasteiger partial charge < -0.3 is 9.73 Å². The van der Waals surface area contributed by atoms with E-state index in [2.05, 4.69) is 5.32 Å². The summed E-state index contributed by atoms with van der Waals surface area (Å²) >= 11 is 0. The zero-order valence-corrected chi connectivity index (χ0v) is 14.6. The maximum absolute atomic E-state index is 13.2. The van der Waals surface area contributed by atoms with Crippen LogP contribution in [-0.2, 0) is 17.5 Å². The van der Waals surface area contributed by atoms with Crippen molar-refractivity contribution in [3.05, 3.63) is 53.8 Å². The largest absolute Gasteiger partial charge is 0.456 e. The molecule has 1 heterocycles. The summed E-state index contributed by atoms with van der Waals surface area (Å²) < 4.78 is 32.6. The average molecular weight is 346 g/mol. The van der Waals surface area contributed by atoms with Crippen molar-refractivity contribution in [1.29, 1.82) is 0 Å². The van der Waals surface area contributed by atoms with Crippen molar-refractivity contribution < 1.29 is 13.0 Å². The second-order valence-corrected chi connectivity index (χ2v) is 6.94. The maximum Gasteiger partial charge on any atom is 0.139 e. The molecule has 1 unspecified atom stereocenters. The normalized spacial score (nSPS) is 12.5. The van der Waals surface area contributed by atoms with Crippen LogP contribution in [0.25, 0.3) is 22.3 Å². The van der Waals surface area contributed by atoms with Gasteiger partial charge in [-0.05, 0) is 43.4 Å². The van der Waals surface area contributed by atoms with Crippen molar-refractivity contribution in [2.75, 3.05) is 24.7 Å². The van der Waals surface area contributed by atoms with Crippen LogP contribution in [-0.4, -0.2) is 24.6 Å². The van der Waals surface area contributed by atoms with Crippen LogP contribution in [0.4, 0.5) is 10.1 Å². The first-order valence-corrected chi connectivity index (χ1v) is 9.06. The zero-order valence-electron chi connectivity index (χ0n) is 13.8. The summed E-state index contributed by atoms with van der Waals surface area (Å²) in [5, 5.41) is 4.13. The fraction of sp³-hybridized carbons (Fsp3) is 0.222. The minimum absolute atomic E-state index is 0.278. The molecule has 0 aliphatic carbocycles. The molecule has 24 heavy (non-hydrogen) atoms. The van der Waals surface area contributed by atoms with E-state index >= 15 is 0 Å². The van der Waals surface area contributed by atoms with Gasteiger partial charge in [0.25, 0.3) is 0 Å². The van der Waals surface area contributed by atoms with E-state index in [1.165, 1.54) is 12.1 Å². The van der Waals surface area contributed by atoms with Crippen LogP contribution in [0.5, 0.6) is 0 Å². The third-order valence-electron chi connectivity index (χ3n) is 3.99. The minimum atomic E-state index is -1.11. The Morgan fingerprint density at radius 1 is 1.21 bits per heavy atom. The molecule has 6 heteroatoms. The predicted molar refractivity (Wildman–Crippen MR) is 96.8 cm³/mol. The molecule has 0 amide bonds. The van der Waals surface area contributed by atoms with E-state index in [-0.39, 0.29) is 5.82 Å². The molecule has 0 spiro atoms. The highest BCUT2D eigenvalue weighted by atomic mass is 32.2. The van der Waals surface area contributed by atoms with Gasteiger partial charge >= 0.3 is 0 Å². The molecule has 0 bridgehead atoms. The first-order valence-electron chi connectivity index (χ1n) is 7.54. The summed E-state index contributed by atoms with van der Waals surface area (Å²) in [5.41, 5.74) is 3.38. The Morgan fingerprint density at radius 3 is 2.54 bits per heavy atom. The lowest BCUT2D eigenvalue weighted by atomic mass is 10.1. The van der Waals surface area contributed by atoms with E-state index in [4.69, 9.17) is 4.42 Å². The number of nitrogens with one attached hydrogen (secondary N) is 1. The molecule has 0 aliphatic rings. The molecular weight excluding hydrogens is 327 g/mol. The van der Waals surface area contributed by atoms with Gasteiger partial charge in [0.1, 0.15) is 28.1 Å². The van der Waals surface area contributed by atoms with Gasteiger partial charge in [-0.3, -0.25) is 4.31 Å². The molecule has 0 aliphatic heterocycles. The predicted octanol–water partition coefficient (Wildman–Crippen LogP) is 3.69. The Labute approximate surface area is 142 Å². The van der Waals surface area contributed by atoms with Crippen LogP contribution in [0.2, 0.25) is 0 Å². The van der Waals surface area contributed by atoms with Crippen LogP contribution in [0.1, 0.15) is 5.56 Å². The molecule has 3 rings (SSSR count). The number of benzene rings is 2. The highest BCUT2D eigenvalue weighted by Crippen LogP contribution is 2.35. The van der Waals surface area contributed by atoms with Crippen molar-refractivity contribution in [2.45, 2.75) is 6.54 Å². The lowest BCUT2D eigenvalue weighted by molar-refractivity contribution is 0.619. The van der Waals surface area contributed by atoms with Crippen molar-refractivity contribution in [2.24, 2.45) is 0 Å². The topological polar surface area (TPSA) is 45.5 Å². The van der Waals surface area contributed by atoms with Crippen LogP contribution in [0.15, 0.2) is 46.9 Å². The van der Waals surface area contributed by atoms with Crippen molar-refractivity contribution in [3.63, 3.8) is 0 Å². The summed E-state index contributed by atoms with van der Waals surface area (Å²) in [4.78, 5) is 0. The molecular formula is C18H19FN2O2S. The quantitative estimate of drug-likeness (QED) is 0.766. The average Bonchev–Trinajstić information content (AvgIpc) is 2.93. The second-order valence-electron chi connectivity index (χ2n) is 5.55. The number of anilines is 1. The SMILES string of the molecule is CNCc1c(-c2ccc(F)cc2)oc2cc(N(C)S(C)=O)ccc12. The van der Waals surface area contributed by atoms with Crippen molar-refractivity contribution in [1.82, 2.24) is 5.32 Å². The highest BCUT2D eigenvalue weighted by Gasteiger charge is 2.17. The van der Waals surface area contributed by atoms with E-state index in [9.17, 15) is 8.60 Å². The molecule has 1 aromatic heterocycles. The standard InChI is InChI=1S/C18H19FN2O2S/c1-20-11-16-15-9-8-14(21(2)24(3)22)10-17(15)23-18(16)12-4-6-13(19)7-5-12/h4-10,20H,11H2,1-3H3. The summed E-state index contributed by atoms with van der Waals surface area (Å²) in [6, 6.07) is 12.0. The second kappa shape index (κ2) is 6.75. The Hall–Kier alpha value is -2.18. The van der Waals surface area contributed by atoms with Crippen LogP contribution in [0, 0.1) is 5.82 Å². The molecule has 0 fully saturated rings. The minimum Gasteiger partial charge on any atom is -0.456 e. The van der Waals surface area contributed by atoms with E-state index in [0.717, 1.165) is 33.5 Å². The van der Waals surface area contributed by atoms with E-state index in [1.807, 2.05) is 25.2 Å². The summed E-state index contributed by atoms with van der Waals surface area (Å²) in [6.45, 7) is 0.634. The van der Waals surface area contributed by atoms with Gasteiger partial charge in [0.05, 0.1) is 5.69 Å². The molecule has 0 radical (unpaired) electrons. The summed E-state index contributed by atoms with van der Waals surface area (Å²) in [5.74, 6) is 0.441. The van der Waals surface area contributed by atoms with Gasteiger partial charge in [0.15, 0.2) is 0 Å². The Morgan fingerprint density at radius 2 is 1.92 bits per heavy atom. The van der Waals surface area contributed by atoms with Crippen LogP contribution in [0.3, 0.4) is 0 Å². The van der Waals surface area contributed by atoms with E-state index < -0.39 is 11.0 Å². The number of rotatable bonds is 5. The van der Waals surface area contributed by atoms with Crippen LogP contribution < -0.4 is 9.62 Å². The third kappa shape index (κ3) is 3.07. The first-order chi connectivity index (χ1) is 11.5. The van der Waals surface area contributed by atoms with Gasteiger partial charge in [-0.15, -0.1) is 0 Å². The lowest BCUT2D eigenvalue weighted by Gasteiger charge is -2.14. The Kier molecular flexibility index (Phi) is 4.69. The Bertz CT molecular complexity index is 890. The van der Waals surface area contributed by atoms with Crippen molar-refractivity contribution in [3.8, 4) is 11.3 Å². The Balaban J connectivity index is 2.16. The number of halogens is 1. The van der Waals surface area contributed by atoms with Gasteiger partial charge in [-0.2, -0.15) is 0 Å². The highest BCUT2D eigenvalue weighted by molar-refractivity contribution is 7.85. The molecule has 1 atom stereocenters. The number of fused-ring (bicyclic) bond motifs is 1. The fourth-order valence-electron chi connectivity index (χ4n) is 2.67. The number of hydrogen-bond acceptors (Lipinski definition) is 3. The summed E-state index contributed by atoms with van der Waals surface area (Å²) in [7, 11) is 2.54. The van der Waals surface area contributed by atoms with Gasteiger partial charge in [-0.1, -0.05) is 0 Å².